The van der Waals surface area contributed by atoms with Crippen LogP contribution in [0.1, 0.15) is 50.7 Å². The normalized spacial score (nSPS) is 11.4. The molecule has 0 saturated heterocycles. The van der Waals surface area contributed by atoms with Gasteiger partial charge in [-0.25, -0.2) is 9.59 Å². The molecule has 0 fully saturated rings. The molecule has 1 N–H and O–H groups in total. The Bertz CT molecular complexity index is 1330. The minimum atomic E-state index is -0.655. The molecule has 1 heterocycles. The van der Waals surface area contributed by atoms with E-state index in [0.29, 0.717) is 17.5 Å². The molecular weight excluding hydrogens is 508 g/mol. The van der Waals surface area contributed by atoms with Gasteiger partial charge in [0.2, 0.25) is 5.91 Å². The Kier molecular flexibility index (Phi) is 9.66. The second kappa shape index (κ2) is 12.9. The van der Waals surface area contributed by atoms with Crippen LogP contribution in [-0.4, -0.2) is 52.6 Å². The van der Waals surface area contributed by atoms with Crippen molar-refractivity contribution in [3.63, 3.8) is 0 Å². The molecule has 0 spiro atoms. The molecule has 0 radical (unpaired) electrons. The van der Waals surface area contributed by atoms with Crippen molar-refractivity contribution in [2.24, 2.45) is 0 Å². The second-order valence-corrected chi connectivity index (χ2v) is 9.35. The van der Waals surface area contributed by atoms with Gasteiger partial charge in [0, 0.05) is 6.54 Å². The third-order valence-corrected chi connectivity index (χ3v) is 6.35. The number of carbonyl (C=O) groups is 3. The summed E-state index contributed by atoms with van der Waals surface area (Å²) in [5.41, 5.74) is 2.60. The van der Waals surface area contributed by atoms with E-state index < -0.39 is 23.9 Å². The molecule has 10 nitrogen and oxygen atoms in total. The topological polar surface area (TPSA) is 122 Å². The molecule has 3 aromatic rings. The summed E-state index contributed by atoms with van der Waals surface area (Å²) in [5, 5.41) is 11.7. The number of amides is 1. The Morgan fingerprint density at radius 2 is 1.74 bits per heavy atom. The summed E-state index contributed by atoms with van der Waals surface area (Å²) in [6, 6.07) is 10.2. The first-order chi connectivity index (χ1) is 18.2. The van der Waals surface area contributed by atoms with Crippen molar-refractivity contribution >= 4 is 35.3 Å². The van der Waals surface area contributed by atoms with Gasteiger partial charge in [-0.1, -0.05) is 23.9 Å². The SMILES string of the molecule is C=CCn1c(SCC(=O)Nc2cc(C(=O)OC)ccc2C(=O)OC)nnc1C(C)Oc1cc(C)cc(C)c1. The van der Waals surface area contributed by atoms with Crippen LogP contribution in [0.15, 0.2) is 54.2 Å². The standard InChI is InChI=1S/C27H30N4O6S/c1-7-10-31-24(18(4)37-20-12-16(2)11-17(3)13-20)29-30-27(31)38-15-23(32)28-22-14-19(25(33)35-5)8-9-21(22)26(34)36-6/h7-9,11-14,18H,1,10,15H2,2-6H3,(H,28,32). The number of methoxy groups -OCH3 is 2. The predicted octanol–water partition coefficient (Wildman–Crippen LogP) is 4.52. The third-order valence-electron chi connectivity index (χ3n) is 5.38. The van der Waals surface area contributed by atoms with Gasteiger partial charge < -0.3 is 19.5 Å². The summed E-state index contributed by atoms with van der Waals surface area (Å²) in [6.07, 6.45) is 1.30. The number of carbonyl (C=O) groups excluding carboxylic acids is 3. The van der Waals surface area contributed by atoms with E-state index in [1.54, 1.807) is 6.08 Å². The van der Waals surface area contributed by atoms with Crippen molar-refractivity contribution in [3.05, 3.63) is 77.1 Å². The first-order valence-corrected chi connectivity index (χ1v) is 12.7. The van der Waals surface area contributed by atoms with E-state index >= 15 is 0 Å². The van der Waals surface area contributed by atoms with E-state index in [2.05, 4.69) is 28.2 Å². The fourth-order valence-corrected chi connectivity index (χ4v) is 4.52. The Labute approximate surface area is 225 Å². The van der Waals surface area contributed by atoms with Crippen molar-refractivity contribution in [2.75, 3.05) is 25.3 Å². The van der Waals surface area contributed by atoms with Gasteiger partial charge in [0.25, 0.3) is 0 Å². The molecule has 11 heteroatoms. The Morgan fingerprint density at radius 3 is 2.37 bits per heavy atom. The number of nitrogens with zero attached hydrogens (tertiary/aromatic N) is 3. The number of anilines is 1. The quantitative estimate of drug-likeness (QED) is 0.213. The average molecular weight is 539 g/mol. The lowest BCUT2D eigenvalue weighted by atomic mass is 10.1. The molecule has 200 valence electrons. The summed E-state index contributed by atoms with van der Waals surface area (Å²) < 4.78 is 17.5. The Morgan fingerprint density at radius 1 is 1.05 bits per heavy atom. The summed E-state index contributed by atoms with van der Waals surface area (Å²) >= 11 is 1.16. The minimum absolute atomic E-state index is 0.0371. The smallest absolute Gasteiger partial charge is 0.339 e. The minimum Gasteiger partial charge on any atom is -0.483 e. The van der Waals surface area contributed by atoms with Crippen LogP contribution in [0.2, 0.25) is 0 Å². The number of nitrogens with one attached hydrogen (secondary N) is 1. The number of rotatable bonds is 11. The Hall–Kier alpha value is -4.12. The summed E-state index contributed by atoms with van der Waals surface area (Å²) in [5.74, 6) is -0.398. The van der Waals surface area contributed by atoms with Crippen LogP contribution < -0.4 is 10.1 Å². The van der Waals surface area contributed by atoms with E-state index in [-0.39, 0.29) is 22.6 Å². The highest BCUT2D eigenvalue weighted by atomic mass is 32.2. The van der Waals surface area contributed by atoms with Gasteiger partial charge in [-0.15, -0.1) is 16.8 Å². The van der Waals surface area contributed by atoms with Gasteiger partial charge >= 0.3 is 11.9 Å². The van der Waals surface area contributed by atoms with Crippen LogP contribution in [0, 0.1) is 13.8 Å². The number of aryl methyl sites for hydroxylation is 2. The highest BCUT2D eigenvalue weighted by Crippen LogP contribution is 2.27. The number of benzene rings is 2. The molecule has 0 aliphatic carbocycles. The van der Waals surface area contributed by atoms with Crippen molar-refractivity contribution in [3.8, 4) is 5.75 Å². The lowest BCUT2D eigenvalue weighted by Gasteiger charge is -2.16. The molecule has 0 aliphatic rings. The maximum Gasteiger partial charge on any atom is 0.339 e. The molecule has 3 rings (SSSR count). The zero-order valence-corrected chi connectivity index (χ0v) is 22.8. The van der Waals surface area contributed by atoms with Crippen LogP contribution in [0.25, 0.3) is 0 Å². The maximum atomic E-state index is 12.8. The number of thioether (sulfide) groups is 1. The summed E-state index contributed by atoms with van der Waals surface area (Å²) in [7, 11) is 2.47. The van der Waals surface area contributed by atoms with Gasteiger partial charge in [0.15, 0.2) is 17.1 Å². The van der Waals surface area contributed by atoms with Crippen LogP contribution in [0.5, 0.6) is 5.75 Å². The number of esters is 2. The zero-order valence-electron chi connectivity index (χ0n) is 21.9. The van der Waals surface area contributed by atoms with E-state index in [4.69, 9.17) is 14.2 Å². The van der Waals surface area contributed by atoms with Gasteiger partial charge in [-0.3, -0.25) is 9.36 Å². The van der Waals surface area contributed by atoms with Crippen molar-refractivity contribution in [1.82, 2.24) is 14.8 Å². The van der Waals surface area contributed by atoms with E-state index in [0.717, 1.165) is 28.6 Å². The molecule has 0 saturated carbocycles. The van der Waals surface area contributed by atoms with Crippen LogP contribution >= 0.6 is 11.8 Å². The first-order valence-electron chi connectivity index (χ1n) is 11.7. The maximum absolute atomic E-state index is 12.8. The molecule has 0 bridgehead atoms. The molecule has 1 unspecified atom stereocenters. The second-order valence-electron chi connectivity index (χ2n) is 8.40. The molecule has 1 atom stereocenters. The summed E-state index contributed by atoms with van der Waals surface area (Å²) in [4.78, 5) is 36.9. The number of ether oxygens (including phenoxy) is 3. The number of hydrogen-bond acceptors (Lipinski definition) is 9. The fourth-order valence-electron chi connectivity index (χ4n) is 3.76. The number of allylic oxidation sites excluding steroid dienone is 1. The third kappa shape index (κ3) is 7.00. The molecule has 1 amide bonds. The molecular formula is C27H30N4O6S. The molecule has 2 aromatic carbocycles. The van der Waals surface area contributed by atoms with Gasteiger partial charge in [-0.2, -0.15) is 0 Å². The first kappa shape index (κ1) is 28.5. The highest BCUT2D eigenvalue weighted by Gasteiger charge is 2.21. The lowest BCUT2D eigenvalue weighted by molar-refractivity contribution is -0.113. The molecule has 0 aliphatic heterocycles. The average Bonchev–Trinajstić information content (AvgIpc) is 3.28. The van der Waals surface area contributed by atoms with Crippen molar-refractivity contribution < 1.29 is 28.6 Å². The van der Waals surface area contributed by atoms with Gasteiger partial charge in [0.1, 0.15) is 5.75 Å². The van der Waals surface area contributed by atoms with Crippen molar-refractivity contribution in [1.29, 1.82) is 0 Å². The summed E-state index contributed by atoms with van der Waals surface area (Å²) in [6.45, 7) is 10.1. The van der Waals surface area contributed by atoms with Crippen LogP contribution in [-0.2, 0) is 20.8 Å². The highest BCUT2D eigenvalue weighted by molar-refractivity contribution is 7.99. The van der Waals surface area contributed by atoms with E-state index in [1.807, 2.05) is 37.5 Å². The Balaban J connectivity index is 1.75. The van der Waals surface area contributed by atoms with Crippen LogP contribution in [0.4, 0.5) is 5.69 Å². The monoisotopic (exact) mass is 538 g/mol. The molecule has 38 heavy (non-hydrogen) atoms. The molecule has 1 aromatic heterocycles. The fraction of sp³-hybridized carbons (Fsp3) is 0.296. The number of aromatic nitrogens is 3. The van der Waals surface area contributed by atoms with Crippen LogP contribution in [0.3, 0.4) is 0 Å². The largest absolute Gasteiger partial charge is 0.483 e. The van der Waals surface area contributed by atoms with Gasteiger partial charge in [-0.05, 0) is 62.2 Å². The van der Waals surface area contributed by atoms with E-state index in [1.165, 1.54) is 32.4 Å². The van der Waals surface area contributed by atoms with Crippen molar-refractivity contribution in [2.45, 2.75) is 38.6 Å². The number of hydrogen-bond donors (Lipinski definition) is 1. The zero-order chi connectivity index (χ0) is 27.8. The van der Waals surface area contributed by atoms with Gasteiger partial charge in [0.05, 0.1) is 36.8 Å². The predicted molar refractivity (Wildman–Crippen MR) is 144 cm³/mol. The van der Waals surface area contributed by atoms with E-state index in [9.17, 15) is 14.4 Å². The lowest BCUT2D eigenvalue weighted by Crippen LogP contribution is -2.18.